The average Bonchev–Trinajstić information content (AvgIpc) is 2.93. The van der Waals surface area contributed by atoms with Crippen molar-refractivity contribution in [2.45, 2.75) is 65.1 Å². The Balaban J connectivity index is 1.87. The molecule has 0 saturated heterocycles. The first kappa shape index (κ1) is 30.9. The fourth-order valence-electron chi connectivity index (χ4n) is 4.60. The maximum Gasteiger partial charge on any atom is 0.243 e. The van der Waals surface area contributed by atoms with Crippen molar-refractivity contribution in [3.8, 4) is 0 Å². The number of hydrogen-bond donors (Lipinski definition) is 1. The fourth-order valence-corrected chi connectivity index (χ4v) is 5.62. The van der Waals surface area contributed by atoms with Gasteiger partial charge in [-0.2, -0.15) is 0 Å². The molecular weight excluding hydrogens is 522 g/mol. The third kappa shape index (κ3) is 8.95. The van der Waals surface area contributed by atoms with Crippen LogP contribution >= 0.6 is 0 Å². The van der Waals surface area contributed by atoms with Gasteiger partial charge in [-0.05, 0) is 49.4 Å². The van der Waals surface area contributed by atoms with E-state index in [1.54, 1.807) is 17.0 Å². The Bertz CT molecular complexity index is 1350. The molecule has 0 aliphatic heterocycles. The summed E-state index contributed by atoms with van der Waals surface area (Å²) in [7, 11) is -3.55. The van der Waals surface area contributed by atoms with Crippen LogP contribution in [-0.4, -0.2) is 50.0 Å². The summed E-state index contributed by atoms with van der Waals surface area (Å²) in [5.41, 5.74) is 3.33. The van der Waals surface area contributed by atoms with Crippen LogP contribution in [0.2, 0.25) is 0 Å². The zero-order chi connectivity index (χ0) is 29.1. The minimum absolute atomic E-state index is 0.0307. The van der Waals surface area contributed by atoms with Gasteiger partial charge in [-0.25, -0.2) is 8.42 Å². The van der Waals surface area contributed by atoms with Gasteiger partial charge in [-0.15, -0.1) is 0 Å². The highest BCUT2D eigenvalue weighted by molar-refractivity contribution is 7.92. The second-order valence-electron chi connectivity index (χ2n) is 10.3. The van der Waals surface area contributed by atoms with Gasteiger partial charge < -0.3 is 10.2 Å². The van der Waals surface area contributed by atoms with Gasteiger partial charge in [0.05, 0.1) is 11.9 Å². The van der Waals surface area contributed by atoms with Gasteiger partial charge in [0.25, 0.3) is 0 Å². The van der Waals surface area contributed by atoms with E-state index in [0.717, 1.165) is 23.1 Å². The van der Waals surface area contributed by atoms with Crippen molar-refractivity contribution in [1.29, 1.82) is 0 Å². The number of para-hydroxylation sites is 1. The Labute approximate surface area is 239 Å². The Kier molecular flexibility index (Phi) is 11.3. The number of nitrogens with one attached hydrogen (secondary N) is 1. The second kappa shape index (κ2) is 14.7. The third-order valence-electron chi connectivity index (χ3n) is 7.00. The number of nitrogens with zero attached hydrogens (tertiary/aromatic N) is 2. The predicted octanol–water partition coefficient (Wildman–Crippen LogP) is 5.10. The molecule has 3 rings (SSSR count). The number of aryl methyl sites for hydroxylation is 1. The van der Waals surface area contributed by atoms with E-state index in [1.165, 1.54) is 10.6 Å². The average molecular weight is 564 g/mol. The molecule has 0 fully saturated rings. The summed E-state index contributed by atoms with van der Waals surface area (Å²) in [5.74, 6) is -0.387. The molecule has 0 aromatic heterocycles. The van der Waals surface area contributed by atoms with Crippen LogP contribution in [0.5, 0.6) is 0 Å². The lowest BCUT2D eigenvalue weighted by atomic mass is 10.0. The number of amides is 2. The van der Waals surface area contributed by atoms with Crippen LogP contribution in [0.1, 0.15) is 49.8 Å². The van der Waals surface area contributed by atoms with Gasteiger partial charge >= 0.3 is 0 Å². The molecule has 1 N–H and O–H groups in total. The minimum atomic E-state index is -3.55. The van der Waals surface area contributed by atoms with E-state index in [4.69, 9.17) is 0 Å². The molecule has 0 radical (unpaired) electrons. The number of hydrogen-bond acceptors (Lipinski definition) is 4. The van der Waals surface area contributed by atoms with E-state index >= 15 is 0 Å². The zero-order valence-corrected chi connectivity index (χ0v) is 24.7. The summed E-state index contributed by atoms with van der Waals surface area (Å²) in [6.07, 6.45) is 2.75. The molecule has 2 atom stereocenters. The molecule has 0 spiro atoms. The summed E-state index contributed by atoms with van der Waals surface area (Å²) in [5, 5.41) is 3.07. The molecular formula is C32H41N3O4S. The summed E-state index contributed by atoms with van der Waals surface area (Å²) >= 11 is 0. The molecule has 2 amide bonds. The highest BCUT2D eigenvalue weighted by Gasteiger charge is 2.31. The predicted molar refractivity (Wildman–Crippen MR) is 161 cm³/mol. The number of carbonyl (C=O) groups is 2. The maximum atomic E-state index is 13.9. The fraction of sp³-hybridized carbons (Fsp3) is 0.375. The van der Waals surface area contributed by atoms with Crippen molar-refractivity contribution in [3.05, 3.63) is 102 Å². The first-order valence-electron chi connectivity index (χ1n) is 13.8. The topological polar surface area (TPSA) is 86.8 Å². The number of sulfonamides is 1. The number of anilines is 1. The van der Waals surface area contributed by atoms with E-state index in [1.807, 2.05) is 93.6 Å². The van der Waals surface area contributed by atoms with Crippen molar-refractivity contribution in [2.75, 3.05) is 17.1 Å². The molecule has 3 aromatic carbocycles. The molecule has 40 heavy (non-hydrogen) atoms. The highest BCUT2D eigenvalue weighted by Crippen LogP contribution is 2.23. The van der Waals surface area contributed by atoms with Crippen LogP contribution in [0.25, 0.3) is 0 Å². The lowest BCUT2D eigenvalue weighted by Gasteiger charge is -2.32. The smallest absolute Gasteiger partial charge is 0.243 e. The Morgan fingerprint density at radius 3 is 2.02 bits per heavy atom. The molecule has 0 bridgehead atoms. The Morgan fingerprint density at radius 1 is 0.875 bits per heavy atom. The monoisotopic (exact) mass is 563 g/mol. The van der Waals surface area contributed by atoms with Crippen LogP contribution in [0.15, 0.2) is 84.9 Å². The van der Waals surface area contributed by atoms with Crippen molar-refractivity contribution >= 4 is 27.5 Å². The van der Waals surface area contributed by atoms with Gasteiger partial charge in [0.15, 0.2) is 0 Å². The van der Waals surface area contributed by atoms with Gasteiger partial charge in [-0.3, -0.25) is 13.9 Å². The van der Waals surface area contributed by atoms with E-state index in [-0.39, 0.29) is 37.4 Å². The quantitative estimate of drug-likeness (QED) is 0.296. The Hall–Kier alpha value is -3.65. The molecule has 7 nitrogen and oxygen atoms in total. The summed E-state index contributed by atoms with van der Waals surface area (Å²) in [6, 6.07) is 25.9. The number of benzene rings is 3. The van der Waals surface area contributed by atoms with Gasteiger partial charge in [0, 0.05) is 32.0 Å². The standard InChI is InChI=1S/C32H41N3O4S/c1-5-26(3)33-32(37)30(23-27-16-8-6-9-17-27)34(24-28-18-10-7-11-19-28)31(36)21-14-22-35(40(4,38)39)29-20-13-12-15-25(29)2/h6-13,15-20,26,30H,5,14,21-24H2,1-4H3,(H,33,37)/t26-,30-/m1/s1. The molecule has 0 aliphatic rings. The normalized spacial score (nSPS) is 12.8. The van der Waals surface area contributed by atoms with Crippen LogP contribution in [-0.2, 0) is 32.6 Å². The van der Waals surface area contributed by atoms with E-state index < -0.39 is 16.1 Å². The minimum Gasteiger partial charge on any atom is -0.352 e. The van der Waals surface area contributed by atoms with Gasteiger partial charge in [0.1, 0.15) is 6.04 Å². The van der Waals surface area contributed by atoms with Gasteiger partial charge in [0.2, 0.25) is 21.8 Å². The van der Waals surface area contributed by atoms with E-state index in [9.17, 15) is 18.0 Å². The molecule has 0 saturated carbocycles. The SMILES string of the molecule is CC[C@@H](C)NC(=O)[C@@H](Cc1ccccc1)N(Cc1ccccc1)C(=O)CCCN(c1ccccc1C)S(C)(=O)=O. The van der Waals surface area contributed by atoms with E-state index in [0.29, 0.717) is 18.5 Å². The summed E-state index contributed by atoms with van der Waals surface area (Å²) < 4.78 is 26.6. The maximum absolute atomic E-state index is 13.9. The first-order valence-corrected chi connectivity index (χ1v) is 15.7. The van der Waals surface area contributed by atoms with E-state index in [2.05, 4.69) is 5.32 Å². The summed E-state index contributed by atoms with van der Waals surface area (Å²) in [4.78, 5) is 29.1. The largest absolute Gasteiger partial charge is 0.352 e. The molecule has 0 heterocycles. The Morgan fingerprint density at radius 2 is 1.45 bits per heavy atom. The highest BCUT2D eigenvalue weighted by atomic mass is 32.2. The molecule has 0 aliphatic carbocycles. The van der Waals surface area contributed by atoms with Crippen molar-refractivity contribution in [3.63, 3.8) is 0 Å². The molecule has 0 unspecified atom stereocenters. The van der Waals surface area contributed by atoms with Crippen molar-refractivity contribution in [1.82, 2.24) is 10.2 Å². The van der Waals surface area contributed by atoms with Crippen molar-refractivity contribution in [2.24, 2.45) is 0 Å². The zero-order valence-electron chi connectivity index (χ0n) is 23.9. The number of rotatable bonds is 14. The number of carbonyl (C=O) groups excluding carboxylic acids is 2. The van der Waals surface area contributed by atoms with Crippen LogP contribution in [0.4, 0.5) is 5.69 Å². The van der Waals surface area contributed by atoms with Crippen LogP contribution in [0.3, 0.4) is 0 Å². The molecule has 3 aromatic rings. The van der Waals surface area contributed by atoms with Crippen LogP contribution in [0, 0.1) is 6.92 Å². The lowest BCUT2D eigenvalue weighted by molar-refractivity contribution is -0.141. The van der Waals surface area contributed by atoms with Gasteiger partial charge in [-0.1, -0.05) is 85.8 Å². The molecule has 8 heteroatoms. The lowest BCUT2D eigenvalue weighted by Crippen LogP contribution is -2.52. The molecule has 214 valence electrons. The third-order valence-corrected chi connectivity index (χ3v) is 8.18. The van der Waals surface area contributed by atoms with Crippen molar-refractivity contribution < 1.29 is 18.0 Å². The van der Waals surface area contributed by atoms with Crippen LogP contribution < -0.4 is 9.62 Å². The first-order chi connectivity index (χ1) is 19.1. The summed E-state index contributed by atoms with van der Waals surface area (Å²) in [6.45, 7) is 6.26. The second-order valence-corrected chi connectivity index (χ2v) is 12.2.